The van der Waals surface area contributed by atoms with E-state index < -0.39 is 0 Å². The minimum absolute atomic E-state index is 0.220. The van der Waals surface area contributed by atoms with Gasteiger partial charge in [0.2, 0.25) is 0 Å². The van der Waals surface area contributed by atoms with Gasteiger partial charge in [-0.2, -0.15) is 4.98 Å². The van der Waals surface area contributed by atoms with Crippen molar-refractivity contribution in [2.75, 3.05) is 5.32 Å². The van der Waals surface area contributed by atoms with Crippen LogP contribution in [-0.4, -0.2) is 10.9 Å². The maximum atomic E-state index is 11.7. The average molecular weight is 287 g/mol. The van der Waals surface area contributed by atoms with Crippen molar-refractivity contribution in [3.8, 4) is 0 Å². The van der Waals surface area contributed by atoms with E-state index >= 15 is 0 Å². The van der Waals surface area contributed by atoms with Crippen molar-refractivity contribution < 1.29 is 9.21 Å². The highest BCUT2D eigenvalue weighted by molar-refractivity contribution is 9.10. The van der Waals surface area contributed by atoms with Crippen molar-refractivity contribution in [3.63, 3.8) is 0 Å². The molecule has 0 atom stereocenters. The van der Waals surface area contributed by atoms with Gasteiger partial charge in [-0.1, -0.05) is 0 Å². The summed E-state index contributed by atoms with van der Waals surface area (Å²) in [5, 5.41) is 4.40. The Kier molecular flexibility index (Phi) is 2.88. The Labute approximate surface area is 98.5 Å². The van der Waals surface area contributed by atoms with E-state index in [0.717, 1.165) is 10.2 Å². The normalized spacial score (nSPS) is 10.3. The third-order valence-corrected chi connectivity index (χ3v) is 3.50. The summed E-state index contributed by atoms with van der Waals surface area (Å²) < 4.78 is 5.79. The number of anilines is 1. The minimum atomic E-state index is -0.223. The Morgan fingerprint density at radius 2 is 2.47 bits per heavy atom. The lowest BCUT2D eigenvalue weighted by Crippen LogP contribution is -2.10. The molecule has 2 aromatic heterocycles. The molecule has 0 fully saturated rings. The number of hydrogen-bond donors (Lipinski definition) is 1. The molecule has 2 rings (SSSR count). The van der Waals surface area contributed by atoms with E-state index in [9.17, 15) is 4.79 Å². The van der Waals surface area contributed by atoms with Crippen molar-refractivity contribution in [2.45, 2.75) is 6.92 Å². The molecule has 1 amide bonds. The molecule has 6 heteroatoms. The predicted molar refractivity (Wildman–Crippen MR) is 61.2 cm³/mol. The number of nitrogens with one attached hydrogen (secondary N) is 1. The predicted octanol–water partition coefficient (Wildman–Crippen LogP) is 3.06. The third kappa shape index (κ3) is 2.27. The first-order chi connectivity index (χ1) is 7.16. The van der Waals surface area contributed by atoms with Crippen LogP contribution in [0.25, 0.3) is 0 Å². The lowest BCUT2D eigenvalue weighted by molar-refractivity contribution is 0.102. The van der Waals surface area contributed by atoms with Gasteiger partial charge in [-0.25, -0.2) is 0 Å². The van der Waals surface area contributed by atoms with Crippen LogP contribution in [0.5, 0.6) is 0 Å². The molecular formula is C9H7BrN2O2S. The first kappa shape index (κ1) is 10.4. The molecule has 0 unspecified atom stereocenters. The van der Waals surface area contributed by atoms with Crippen molar-refractivity contribution in [3.05, 3.63) is 32.8 Å². The van der Waals surface area contributed by atoms with E-state index in [1.165, 1.54) is 17.6 Å². The quantitative estimate of drug-likeness (QED) is 0.923. The number of aromatic nitrogens is 1. The zero-order chi connectivity index (χ0) is 10.8. The number of rotatable bonds is 2. The number of amides is 1. The Bertz CT molecular complexity index is 492. The molecule has 0 spiro atoms. The maximum absolute atomic E-state index is 11.7. The number of nitrogens with zero attached hydrogens (tertiary/aromatic N) is 1. The summed E-state index contributed by atoms with van der Waals surface area (Å²) in [5.41, 5.74) is 0.732. The van der Waals surface area contributed by atoms with Crippen LogP contribution < -0.4 is 5.32 Å². The number of aryl methyl sites for hydroxylation is 1. The number of thiophene rings is 1. The molecule has 0 saturated heterocycles. The van der Waals surface area contributed by atoms with Gasteiger partial charge in [-0.3, -0.25) is 10.1 Å². The number of oxazole rings is 1. The topological polar surface area (TPSA) is 55.1 Å². The zero-order valence-corrected chi connectivity index (χ0v) is 10.2. The summed E-state index contributed by atoms with van der Waals surface area (Å²) in [6.07, 6.45) is 1.49. The molecule has 0 aliphatic rings. The van der Waals surface area contributed by atoms with Crippen LogP contribution in [0, 0.1) is 6.92 Å². The lowest BCUT2D eigenvalue weighted by atomic mass is 10.4. The molecule has 0 bridgehead atoms. The van der Waals surface area contributed by atoms with Crippen molar-refractivity contribution in [1.82, 2.24) is 4.98 Å². The van der Waals surface area contributed by atoms with Crippen molar-refractivity contribution in [1.29, 1.82) is 0 Å². The minimum Gasteiger partial charge on any atom is -0.432 e. The largest absolute Gasteiger partial charge is 0.432 e. The number of hydrogen-bond acceptors (Lipinski definition) is 4. The van der Waals surface area contributed by atoms with Gasteiger partial charge in [0.05, 0.1) is 5.69 Å². The number of carbonyl (C=O) groups is 1. The van der Waals surface area contributed by atoms with Crippen LogP contribution in [-0.2, 0) is 0 Å². The second-order valence-corrected chi connectivity index (χ2v) is 4.62. The smallest absolute Gasteiger partial charge is 0.301 e. The molecule has 2 heterocycles. The van der Waals surface area contributed by atoms with E-state index in [2.05, 4.69) is 26.2 Å². The number of halogens is 1. The van der Waals surface area contributed by atoms with Gasteiger partial charge in [-0.15, -0.1) is 11.3 Å². The fourth-order valence-corrected chi connectivity index (χ4v) is 2.47. The molecule has 0 aromatic carbocycles. The van der Waals surface area contributed by atoms with E-state index in [-0.39, 0.29) is 11.9 Å². The van der Waals surface area contributed by atoms with E-state index in [0.29, 0.717) is 4.88 Å². The molecule has 0 aliphatic carbocycles. The Balaban J connectivity index is 2.14. The van der Waals surface area contributed by atoms with Gasteiger partial charge in [-0.05, 0) is 34.3 Å². The summed E-state index contributed by atoms with van der Waals surface area (Å²) >= 11 is 4.64. The van der Waals surface area contributed by atoms with E-state index in [4.69, 9.17) is 4.42 Å². The van der Waals surface area contributed by atoms with Gasteiger partial charge in [0.15, 0.2) is 0 Å². The molecule has 0 aliphatic heterocycles. The molecule has 1 N–H and O–H groups in total. The Hall–Kier alpha value is -1.14. The van der Waals surface area contributed by atoms with Gasteiger partial charge in [0, 0.05) is 4.47 Å². The summed E-state index contributed by atoms with van der Waals surface area (Å²) in [5.74, 6) is -0.223. The highest BCUT2D eigenvalue weighted by Gasteiger charge is 2.13. The highest BCUT2D eigenvalue weighted by Crippen LogP contribution is 2.23. The summed E-state index contributed by atoms with van der Waals surface area (Å²) in [7, 11) is 0. The average Bonchev–Trinajstić information content (AvgIpc) is 2.75. The van der Waals surface area contributed by atoms with Crippen molar-refractivity contribution in [2.24, 2.45) is 0 Å². The van der Waals surface area contributed by atoms with Crippen LogP contribution in [0.1, 0.15) is 15.4 Å². The Morgan fingerprint density at radius 3 is 3.00 bits per heavy atom. The second-order valence-electron chi connectivity index (χ2n) is 2.85. The van der Waals surface area contributed by atoms with Crippen LogP contribution in [0.15, 0.2) is 26.6 Å². The second kappa shape index (κ2) is 4.16. The van der Waals surface area contributed by atoms with E-state index in [1.807, 2.05) is 11.4 Å². The van der Waals surface area contributed by atoms with Gasteiger partial charge in [0.1, 0.15) is 11.1 Å². The monoisotopic (exact) mass is 286 g/mol. The molecule has 78 valence electrons. The summed E-state index contributed by atoms with van der Waals surface area (Å²) in [6, 6.07) is 2.04. The van der Waals surface area contributed by atoms with Gasteiger partial charge < -0.3 is 4.42 Å². The zero-order valence-electron chi connectivity index (χ0n) is 7.78. The molecule has 0 radical (unpaired) electrons. The standard InChI is InChI=1S/C9H7BrN2O2S/c1-5-4-14-9(11-5)12-8(13)7-6(10)2-3-15-7/h2-4H,1H3,(H,11,12,13). The van der Waals surface area contributed by atoms with E-state index in [1.54, 1.807) is 6.92 Å². The summed E-state index contributed by atoms with van der Waals surface area (Å²) in [4.78, 5) is 16.3. The summed E-state index contributed by atoms with van der Waals surface area (Å²) in [6.45, 7) is 1.79. The Morgan fingerprint density at radius 1 is 1.67 bits per heavy atom. The van der Waals surface area contributed by atoms with Crippen LogP contribution >= 0.6 is 27.3 Å². The lowest BCUT2D eigenvalue weighted by Gasteiger charge is -1.97. The van der Waals surface area contributed by atoms with Crippen LogP contribution in [0.3, 0.4) is 0 Å². The SMILES string of the molecule is Cc1coc(NC(=O)c2sccc2Br)n1. The fourth-order valence-electron chi connectivity index (χ4n) is 1.02. The first-order valence-corrected chi connectivity index (χ1v) is 5.80. The van der Waals surface area contributed by atoms with Crippen LogP contribution in [0.4, 0.5) is 6.01 Å². The maximum Gasteiger partial charge on any atom is 0.301 e. The third-order valence-electron chi connectivity index (χ3n) is 1.66. The number of carbonyl (C=O) groups excluding carboxylic acids is 1. The molecular weight excluding hydrogens is 280 g/mol. The molecule has 15 heavy (non-hydrogen) atoms. The molecule has 4 nitrogen and oxygen atoms in total. The van der Waals surface area contributed by atoms with Gasteiger partial charge in [0.25, 0.3) is 5.91 Å². The first-order valence-electron chi connectivity index (χ1n) is 4.13. The van der Waals surface area contributed by atoms with Crippen molar-refractivity contribution >= 4 is 39.2 Å². The van der Waals surface area contributed by atoms with Crippen LogP contribution in [0.2, 0.25) is 0 Å². The molecule has 0 saturated carbocycles. The highest BCUT2D eigenvalue weighted by atomic mass is 79.9. The molecule has 2 aromatic rings. The fraction of sp³-hybridized carbons (Fsp3) is 0.111. The van der Waals surface area contributed by atoms with Gasteiger partial charge >= 0.3 is 6.01 Å².